The summed E-state index contributed by atoms with van der Waals surface area (Å²) in [4.78, 5) is 0. The molecule has 2 heteroatoms. The van der Waals surface area contributed by atoms with Gasteiger partial charge in [-0.15, -0.1) is 0 Å². The third-order valence-electron chi connectivity index (χ3n) is 3.06. The van der Waals surface area contributed by atoms with Gasteiger partial charge in [0.15, 0.2) is 0 Å². The van der Waals surface area contributed by atoms with Gasteiger partial charge in [-0.3, -0.25) is 0 Å². The summed E-state index contributed by atoms with van der Waals surface area (Å²) in [5.41, 5.74) is 0. The van der Waals surface area contributed by atoms with Crippen LogP contribution in [0.3, 0.4) is 0 Å². The molecule has 2 aliphatic rings. The Morgan fingerprint density at radius 1 is 1.08 bits per heavy atom. The smallest absolute Gasteiger partial charge is 0.0643 e. The van der Waals surface area contributed by atoms with Gasteiger partial charge in [-0.1, -0.05) is 19.3 Å². The number of hydrogen-bond donors (Lipinski definition) is 1. The van der Waals surface area contributed by atoms with Crippen LogP contribution in [0.15, 0.2) is 0 Å². The Bertz CT molecular complexity index is 128. The molecule has 1 heterocycles. The monoisotopic (exact) mass is 169 g/mol. The molecular weight excluding hydrogens is 150 g/mol. The first-order chi connectivity index (χ1) is 5.95. The lowest BCUT2D eigenvalue weighted by molar-refractivity contribution is -0.00703. The Labute approximate surface area is 74.7 Å². The van der Waals surface area contributed by atoms with Gasteiger partial charge in [-0.05, 0) is 25.3 Å². The van der Waals surface area contributed by atoms with Crippen molar-refractivity contribution >= 4 is 0 Å². The number of hydrogen-bond acceptors (Lipinski definition) is 2. The number of nitrogens with one attached hydrogen (secondary N) is 1. The second-order valence-electron chi connectivity index (χ2n) is 4.15. The highest BCUT2D eigenvalue weighted by molar-refractivity contribution is 4.76. The minimum Gasteiger partial charge on any atom is -0.378 e. The van der Waals surface area contributed by atoms with E-state index in [1.165, 1.54) is 38.6 Å². The molecule has 2 rings (SSSR count). The minimum atomic E-state index is 0.673. The Kier molecular flexibility index (Phi) is 3.01. The van der Waals surface area contributed by atoms with Crippen molar-refractivity contribution in [3.05, 3.63) is 0 Å². The van der Waals surface area contributed by atoms with E-state index < -0.39 is 0 Å². The fraction of sp³-hybridized carbons (Fsp3) is 1.00. The van der Waals surface area contributed by atoms with Gasteiger partial charge in [-0.2, -0.15) is 0 Å². The van der Waals surface area contributed by atoms with Crippen LogP contribution in [0.1, 0.15) is 32.1 Å². The van der Waals surface area contributed by atoms with Gasteiger partial charge >= 0.3 is 0 Å². The Morgan fingerprint density at radius 2 is 1.83 bits per heavy atom. The van der Waals surface area contributed by atoms with Gasteiger partial charge in [0.05, 0.1) is 19.3 Å². The van der Waals surface area contributed by atoms with Crippen LogP contribution in [0.25, 0.3) is 0 Å². The molecule has 70 valence electrons. The summed E-state index contributed by atoms with van der Waals surface area (Å²) in [5.74, 6) is 0.958. The maximum Gasteiger partial charge on any atom is 0.0643 e. The maximum absolute atomic E-state index is 5.11. The van der Waals surface area contributed by atoms with E-state index in [1.807, 2.05) is 0 Å². The summed E-state index contributed by atoms with van der Waals surface area (Å²) in [7, 11) is 0. The highest BCUT2D eigenvalue weighted by atomic mass is 16.5. The third-order valence-corrected chi connectivity index (χ3v) is 3.06. The Hall–Kier alpha value is -0.0800. The Balaban J connectivity index is 1.58. The van der Waals surface area contributed by atoms with Crippen LogP contribution in [0, 0.1) is 5.92 Å². The third kappa shape index (κ3) is 2.20. The molecule has 1 saturated heterocycles. The lowest BCUT2D eigenvalue weighted by atomic mass is 9.89. The lowest BCUT2D eigenvalue weighted by Gasteiger charge is -2.30. The molecule has 12 heavy (non-hydrogen) atoms. The van der Waals surface area contributed by atoms with Crippen LogP contribution in [0.4, 0.5) is 0 Å². The molecule has 0 aromatic heterocycles. The largest absolute Gasteiger partial charge is 0.378 e. The van der Waals surface area contributed by atoms with Gasteiger partial charge in [0.25, 0.3) is 0 Å². The van der Waals surface area contributed by atoms with Gasteiger partial charge in [0.2, 0.25) is 0 Å². The Morgan fingerprint density at radius 3 is 2.42 bits per heavy atom. The molecule has 0 radical (unpaired) electrons. The maximum atomic E-state index is 5.11. The van der Waals surface area contributed by atoms with Crippen LogP contribution in [0.5, 0.6) is 0 Å². The highest BCUT2D eigenvalue weighted by Crippen LogP contribution is 2.22. The van der Waals surface area contributed by atoms with E-state index in [0.29, 0.717) is 6.04 Å². The normalized spacial score (nSPS) is 27.0. The molecule has 0 aromatic carbocycles. The van der Waals surface area contributed by atoms with Crippen molar-refractivity contribution in [1.82, 2.24) is 5.32 Å². The zero-order chi connectivity index (χ0) is 8.23. The van der Waals surface area contributed by atoms with E-state index in [-0.39, 0.29) is 0 Å². The van der Waals surface area contributed by atoms with Crippen LogP contribution in [-0.4, -0.2) is 25.8 Å². The molecule has 0 atom stereocenters. The van der Waals surface area contributed by atoms with Crippen molar-refractivity contribution in [2.75, 3.05) is 19.8 Å². The van der Waals surface area contributed by atoms with Crippen LogP contribution in [0.2, 0.25) is 0 Å². The van der Waals surface area contributed by atoms with Crippen LogP contribution >= 0.6 is 0 Å². The lowest BCUT2D eigenvalue weighted by Crippen LogP contribution is -2.47. The first kappa shape index (κ1) is 8.52. The second kappa shape index (κ2) is 4.24. The van der Waals surface area contributed by atoms with Gasteiger partial charge in [-0.25, -0.2) is 0 Å². The van der Waals surface area contributed by atoms with Crippen molar-refractivity contribution in [3.63, 3.8) is 0 Å². The van der Waals surface area contributed by atoms with Crippen molar-refractivity contribution < 1.29 is 4.74 Å². The molecule has 0 unspecified atom stereocenters. The summed E-state index contributed by atoms with van der Waals surface area (Å²) in [5, 5.41) is 3.56. The van der Waals surface area contributed by atoms with Crippen LogP contribution < -0.4 is 5.32 Å². The summed E-state index contributed by atoms with van der Waals surface area (Å²) < 4.78 is 5.11. The molecular formula is C10H19NO. The summed E-state index contributed by atoms with van der Waals surface area (Å²) >= 11 is 0. The summed E-state index contributed by atoms with van der Waals surface area (Å²) in [6, 6.07) is 0.673. The predicted molar refractivity (Wildman–Crippen MR) is 49.2 cm³/mol. The molecule has 2 fully saturated rings. The van der Waals surface area contributed by atoms with Crippen molar-refractivity contribution in [3.8, 4) is 0 Å². The quantitative estimate of drug-likeness (QED) is 0.692. The summed E-state index contributed by atoms with van der Waals surface area (Å²) in [6.07, 6.45) is 7.26. The second-order valence-corrected chi connectivity index (χ2v) is 4.15. The van der Waals surface area contributed by atoms with E-state index in [1.54, 1.807) is 0 Å². The standard InChI is InChI=1S/C10H19NO/c1-2-4-9(5-3-1)6-11-10-7-12-8-10/h9-11H,1-8H2. The molecule has 2 nitrogen and oxygen atoms in total. The molecule has 1 aliphatic carbocycles. The van der Waals surface area contributed by atoms with Crippen molar-refractivity contribution in [2.24, 2.45) is 5.92 Å². The van der Waals surface area contributed by atoms with E-state index in [4.69, 9.17) is 4.74 Å². The molecule has 1 N–H and O–H groups in total. The molecule has 0 bridgehead atoms. The molecule has 0 aromatic rings. The van der Waals surface area contributed by atoms with Crippen LogP contribution in [-0.2, 0) is 4.74 Å². The summed E-state index contributed by atoms with van der Waals surface area (Å²) in [6.45, 7) is 3.10. The highest BCUT2D eigenvalue weighted by Gasteiger charge is 2.20. The average molecular weight is 169 g/mol. The topological polar surface area (TPSA) is 21.3 Å². The molecule has 1 saturated carbocycles. The van der Waals surface area contributed by atoms with Gasteiger partial charge in [0, 0.05) is 0 Å². The number of rotatable bonds is 3. The van der Waals surface area contributed by atoms with E-state index in [2.05, 4.69) is 5.32 Å². The fourth-order valence-corrected chi connectivity index (χ4v) is 2.08. The average Bonchev–Trinajstić information content (AvgIpc) is 2.04. The minimum absolute atomic E-state index is 0.673. The number of ether oxygens (including phenoxy) is 1. The van der Waals surface area contributed by atoms with E-state index in [9.17, 15) is 0 Å². The molecule has 1 aliphatic heterocycles. The molecule has 0 amide bonds. The predicted octanol–water partition coefficient (Wildman–Crippen LogP) is 1.56. The zero-order valence-electron chi connectivity index (χ0n) is 7.72. The SMILES string of the molecule is C1CCC(CNC2COC2)CC1. The van der Waals surface area contributed by atoms with Crippen molar-refractivity contribution in [2.45, 2.75) is 38.1 Å². The first-order valence-corrected chi connectivity index (χ1v) is 5.26. The molecule has 0 spiro atoms. The fourth-order valence-electron chi connectivity index (χ4n) is 2.08. The van der Waals surface area contributed by atoms with Gasteiger partial charge < -0.3 is 10.1 Å². The first-order valence-electron chi connectivity index (χ1n) is 5.26. The van der Waals surface area contributed by atoms with Crippen molar-refractivity contribution in [1.29, 1.82) is 0 Å². The van der Waals surface area contributed by atoms with E-state index in [0.717, 1.165) is 19.1 Å². The van der Waals surface area contributed by atoms with E-state index >= 15 is 0 Å². The van der Waals surface area contributed by atoms with Gasteiger partial charge in [0.1, 0.15) is 0 Å². The zero-order valence-corrected chi connectivity index (χ0v) is 7.72.